The summed E-state index contributed by atoms with van der Waals surface area (Å²) in [6, 6.07) is 3.60. The molecule has 1 saturated heterocycles. The number of hydrogen-bond donors (Lipinski definition) is 3. The van der Waals surface area contributed by atoms with Crippen molar-refractivity contribution in [1.82, 2.24) is 15.2 Å². The first-order valence-corrected chi connectivity index (χ1v) is 6.62. The van der Waals surface area contributed by atoms with Crippen molar-refractivity contribution in [3.05, 3.63) is 29.6 Å². The van der Waals surface area contributed by atoms with Gasteiger partial charge in [0.25, 0.3) is 0 Å². The molecule has 1 aromatic heterocycles. The molecule has 0 aliphatic carbocycles. The van der Waals surface area contributed by atoms with Crippen LogP contribution in [0.5, 0.6) is 0 Å². The van der Waals surface area contributed by atoms with Gasteiger partial charge >= 0.3 is 0 Å². The van der Waals surface area contributed by atoms with E-state index < -0.39 is 0 Å². The second kappa shape index (κ2) is 6.85. The number of amides is 1. The molecule has 0 bridgehead atoms. The lowest BCUT2D eigenvalue weighted by atomic mass is 10.2. The summed E-state index contributed by atoms with van der Waals surface area (Å²) in [7, 11) is 0. The van der Waals surface area contributed by atoms with Crippen molar-refractivity contribution in [3.8, 4) is 0 Å². The maximum Gasteiger partial charge on any atom is 0.236 e. The van der Waals surface area contributed by atoms with Gasteiger partial charge in [0, 0.05) is 25.8 Å². The van der Waals surface area contributed by atoms with Crippen LogP contribution in [0.25, 0.3) is 0 Å². The summed E-state index contributed by atoms with van der Waals surface area (Å²) >= 11 is 0. The maximum atomic E-state index is 11.9. The van der Waals surface area contributed by atoms with Crippen LogP contribution < -0.4 is 11.1 Å². The molecular weight excluding hydrogens is 258 g/mol. The van der Waals surface area contributed by atoms with Gasteiger partial charge in [0.2, 0.25) is 5.91 Å². The van der Waals surface area contributed by atoms with Crippen molar-refractivity contribution >= 4 is 11.7 Å². The molecule has 1 aliphatic heterocycles. The number of carbonyl (C=O) groups is 1. The molecule has 2 heterocycles. The van der Waals surface area contributed by atoms with Crippen LogP contribution in [-0.2, 0) is 11.3 Å². The highest BCUT2D eigenvalue weighted by Gasteiger charge is 2.17. The third-order valence-electron chi connectivity index (χ3n) is 3.29. The van der Waals surface area contributed by atoms with Crippen molar-refractivity contribution in [1.29, 1.82) is 0 Å². The molecule has 7 heteroatoms. The van der Waals surface area contributed by atoms with E-state index in [2.05, 4.69) is 15.5 Å². The van der Waals surface area contributed by atoms with Gasteiger partial charge in [0.05, 0.1) is 6.54 Å². The van der Waals surface area contributed by atoms with Gasteiger partial charge in [-0.15, -0.1) is 0 Å². The van der Waals surface area contributed by atoms with E-state index in [1.54, 1.807) is 12.3 Å². The predicted molar refractivity (Wildman–Crippen MR) is 74.3 cm³/mol. The summed E-state index contributed by atoms with van der Waals surface area (Å²) in [5.41, 5.74) is 6.78. The monoisotopic (exact) mass is 277 g/mol. The fourth-order valence-corrected chi connectivity index (χ4v) is 2.24. The van der Waals surface area contributed by atoms with Crippen LogP contribution in [0, 0.1) is 0 Å². The molecule has 0 radical (unpaired) electrons. The number of oxime groups is 1. The lowest BCUT2D eigenvalue weighted by Crippen LogP contribution is -2.36. The van der Waals surface area contributed by atoms with Gasteiger partial charge in [-0.25, -0.2) is 0 Å². The van der Waals surface area contributed by atoms with Crippen molar-refractivity contribution in [2.45, 2.75) is 19.4 Å². The maximum absolute atomic E-state index is 11.9. The van der Waals surface area contributed by atoms with Gasteiger partial charge in [-0.1, -0.05) is 11.2 Å². The van der Waals surface area contributed by atoms with E-state index in [0.717, 1.165) is 31.5 Å². The quantitative estimate of drug-likeness (QED) is 0.301. The lowest BCUT2D eigenvalue weighted by molar-refractivity contribution is -0.129. The first-order chi connectivity index (χ1) is 9.72. The topological polar surface area (TPSA) is 104 Å². The Kier molecular flexibility index (Phi) is 4.89. The molecular formula is C13H19N5O2. The Morgan fingerprint density at radius 1 is 1.50 bits per heavy atom. The van der Waals surface area contributed by atoms with Gasteiger partial charge in [-0.3, -0.25) is 9.78 Å². The first kappa shape index (κ1) is 14.3. The van der Waals surface area contributed by atoms with Crippen LogP contribution in [0.1, 0.15) is 24.1 Å². The molecule has 0 spiro atoms. The van der Waals surface area contributed by atoms with Crippen molar-refractivity contribution in [2.24, 2.45) is 10.9 Å². The molecule has 1 aromatic rings. The largest absolute Gasteiger partial charge is 0.409 e. The summed E-state index contributed by atoms with van der Waals surface area (Å²) in [5.74, 6) is 0.0741. The fraction of sp³-hybridized carbons (Fsp3) is 0.462. The molecule has 0 aromatic carbocycles. The summed E-state index contributed by atoms with van der Waals surface area (Å²) in [6.07, 6.45) is 3.75. The molecule has 0 unspecified atom stereocenters. The Hall–Kier alpha value is -2.15. The number of nitrogens with one attached hydrogen (secondary N) is 1. The Morgan fingerprint density at radius 3 is 2.95 bits per heavy atom. The van der Waals surface area contributed by atoms with E-state index in [1.807, 2.05) is 11.0 Å². The van der Waals surface area contributed by atoms with Crippen LogP contribution in [0.4, 0.5) is 0 Å². The Morgan fingerprint density at radius 2 is 2.25 bits per heavy atom. The normalized spacial score (nSPS) is 15.6. The van der Waals surface area contributed by atoms with Crippen molar-refractivity contribution in [3.63, 3.8) is 0 Å². The number of aromatic nitrogens is 1. The van der Waals surface area contributed by atoms with Crippen LogP contribution in [0.3, 0.4) is 0 Å². The number of nitrogens with zero attached hydrogens (tertiary/aromatic N) is 3. The highest BCUT2D eigenvalue weighted by molar-refractivity contribution is 5.96. The zero-order valence-electron chi connectivity index (χ0n) is 11.2. The van der Waals surface area contributed by atoms with E-state index >= 15 is 0 Å². The second-order valence-electron chi connectivity index (χ2n) is 4.69. The number of likely N-dealkylation sites (tertiary alicyclic amines) is 1. The van der Waals surface area contributed by atoms with E-state index in [4.69, 9.17) is 10.9 Å². The number of carbonyl (C=O) groups excluding carboxylic acids is 1. The minimum absolute atomic E-state index is 0.0340. The predicted octanol–water partition coefficient (Wildman–Crippen LogP) is -0.112. The average molecular weight is 277 g/mol. The molecule has 0 saturated carbocycles. The highest BCUT2D eigenvalue weighted by atomic mass is 16.4. The van der Waals surface area contributed by atoms with Crippen molar-refractivity contribution < 1.29 is 10.0 Å². The third-order valence-corrected chi connectivity index (χ3v) is 3.29. The first-order valence-electron chi connectivity index (χ1n) is 6.62. The minimum atomic E-state index is -0.0340. The van der Waals surface area contributed by atoms with Crippen LogP contribution >= 0.6 is 0 Å². The molecule has 2 rings (SSSR count). The standard InChI is InChI=1S/C13H19N5O2/c14-13(17-20)12-10(4-3-5-16-12)8-15-9-11(19)18-6-1-2-7-18/h3-5,15,20H,1-2,6-9H2,(H2,14,17). The van der Waals surface area contributed by atoms with E-state index in [1.165, 1.54) is 0 Å². The van der Waals surface area contributed by atoms with E-state index in [9.17, 15) is 4.79 Å². The smallest absolute Gasteiger partial charge is 0.236 e. The summed E-state index contributed by atoms with van der Waals surface area (Å²) in [6.45, 7) is 2.43. The summed E-state index contributed by atoms with van der Waals surface area (Å²) in [4.78, 5) is 17.8. The van der Waals surface area contributed by atoms with Gasteiger partial charge in [-0.05, 0) is 24.5 Å². The van der Waals surface area contributed by atoms with Crippen LogP contribution in [-0.4, -0.2) is 46.5 Å². The van der Waals surface area contributed by atoms with Gasteiger partial charge in [0.1, 0.15) is 5.69 Å². The zero-order chi connectivity index (χ0) is 14.4. The summed E-state index contributed by atoms with van der Waals surface area (Å²) < 4.78 is 0. The molecule has 20 heavy (non-hydrogen) atoms. The van der Waals surface area contributed by atoms with E-state index in [0.29, 0.717) is 12.2 Å². The van der Waals surface area contributed by atoms with E-state index in [-0.39, 0.29) is 18.3 Å². The number of amidine groups is 1. The average Bonchev–Trinajstić information content (AvgIpc) is 3.01. The summed E-state index contributed by atoms with van der Waals surface area (Å²) in [5, 5.41) is 14.7. The van der Waals surface area contributed by atoms with Crippen LogP contribution in [0.15, 0.2) is 23.5 Å². The van der Waals surface area contributed by atoms with Gasteiger partial charge < -0.3 is 21.2 Å². The lowest BCUT2D eigenvalue weighted by Gasteiger charge is -2.15. The molecule has 1 aliphatic rings. The second-order valence-corrected chi connectivity index (χ2v) is 4.69. The van der Waals surface area contributed by atoms with Gasteiger partial charge in [0.15, 0.2) is 5.84 Å². The molecule has 4 N–H and O–H groups in total. The third kappa shape index (κ3) is 3.45. The molecule has 0 atom stereocenters. The number of pyridine rings is 1. The number of hydrogen-bond acceptors (Lipinski definition) is 5. The van der Waals surface area contributed by atoms with Crippen LogP contribution in [0.2, 0.25) is 0 Å². The zero-order valence-corrected chi connectivity index (χ0v) is 11.2. The Balaban J connectivity index is 1.89. The number of rotatable bonds is 5. The minimum Gasteiger partial charge on any atom is -0.409 e. The molecule has 7 nitrogen and oxygen atoms in total. The molecule has 108 valence electrons. The SMILES string of the molecule is N/C(=N/O)c1ncccc1CNCC(=O)N1CCCC1. The van der Waals surface area contributed by atoms with Gasteiger partial charge in [-0.2, -0.15) is 0 Å². The molecule has 1 fully saturated rings. The molecule has 1 amide bonds. The number of nitrogens with two attached hydrogens (primary N) is 1. The highest BCUT2D eigenvalue weighted by Crippen LogP contribution is 2.07. The van der Waals surface area contributed by atoms with Crippen molar-refractivity contribution in [2.75, 3.05) is 19.6 Å². The Bertz CT molecular complexity index is 497. The fourth-order valence-electron chi connectivity index (χ4n) is 2.24. The Labute approximate surface area is 117 Å².